The summed E-state index contributed by atoms with van der Waals surface area (Å²) < 4.78 is 36.6. The molecule has 4 fully saturated rings. The zero-order valence-corrected chi connectivity index (χ0v) is 25.5. The van der Waals surface area contributed by atoms with Gasteiger partial charge in [-0.2, -0.15) is 5.06 Å². The summed E-state index contributed by atoms with van der Waals surface area (Å²) in [6, 6.07) is 7.90. The van der Waals surface area contributed by atoms with E-state index in [-0.39, 0.29) is 25.5 Å². The van der Waals surface area contributed by atoms with Gasteiger partial charge in [0.2, 0.25) is 11.7 Å². The van der Waals surface area contributed by atoms with Crippen molar-refractivity contribution in [2.75, 3.05) is 27.3 Å². The van der Waals surface area contributed by atoms with Crippen molar-refractivity contribution >= 4 is 17.8 Å². The minimum atomic E-state index is -1.63. The first-order chi connectivity index (χ1) is 20.3. The minimum absolute atomic E-state index is 0.0540. The lowest BCUT2D eigenvalue weighted by atomic mass is 9.83. The molecule has 43 heavy (non-hydrogen) atoms. The molecule has 14 heteroatoms. The zero-order valence-electron chi connectivity index (χ0n) is 25.5. The van der Waals surface area contributed by atoms with Crippen molar-refractivity contribution in [3.8, 4) is 0 Å². The zero-order chi connectivity index (χ0) is 31.2. The number of rotatable bonds is 9. The summed E-state index contributed by atoms with van der Waals surface area (Å²) in [6.45, 7) is 7.80. The number of hydrogen-bond donors (Lipinski definition) is 3. The van der Waals surface area contributed by atoms with Crippen LogP contribution >= 0.6 is 0 Å². The first kappa shape index (κ1) is 31.6. The molecule has 1 aromatic rings. The molecule has 0 saturated carbocycles. The van der Waals surface area contributed by atoms with Crippen LogP contribution in [0.5, 0.6) is 0 Å². The van der Waals surface area contributed by atoms with E-state index in [1.54, 1.807) is 26.0 Å². The van der Waals surface area contributed by atoms with E-state index in [1.807, 2.05) is 44.2 Å². The Balaban J connectivity index is 1.51. The molecule has 5 rings (SSSR count). The quantitative estimate of drug-likeness (QED) is 0.156. The van der Waals surface area contributed by atoms with Crippen LogP contribution < -0.4 is 16.8 Å². The molecule has 5 N–H and O–H groups in total. The van der Waals surface area contributed by atoms with Gasteiger partial charge in [-0.25, -0.2) is 4.79 Å². The first-order valence-electron chi connectivity index (χ1n) is 14.5. The van der Waals surface area contributed by atoms with Crippen LogP contribution in [-0.2, 0) is 42.8 Å². The number of methoxy groups -OCH3 is 1. The first-order valence-corrected chi connectivity index (χ1v) is 14.5. The number of fused-ring (bicyclic) bond motifs is 2. The van der Waals surface area contributed by atoms with Gasteiger partial charge in [-0.05, 0) is 46.1 Å². The normalized spacial score (nSPS) is 35.0. The van der Waals surface area contributed by atoms with Gasteiger partial charge >= 0.3 is 5.97 Å². The number of nitrogens with zero attached hydrogens (tertiary/aromatic N) is 2. The summed E-state index contributed by atoms with van der Waals surface area (Å²) in [4.78, 5) is 37.8. The van der Waals surface area contributed by atoms with Crippen molar-refractivity contribution < 1.29 is 42.8 Å². The largest absolute Gasteiger partial charge is 0.467 e. The van der Waals surface area contributed by atoms with E-state index in [0.717, 1.165) is 5.56 Å². The number of guanidine groups is 1. The molecule has 1 unspecified atom stereocenters. The summed E-state index contributed by atoms with van der Waals surface area (Å²) in [5.74, 6) is -5.58. The lowest BCUT2D eigenvalue weighted by Gasteiger charge is -2.35. The molecule has 0 aromatic heterocycles. The number of amides is 1. The van der Waals surface area contributed by atoms with Gasteiger partial charge in [0.15, 0.2) is 17.5 Å². The van der Waals surface area contributed by atoms with Crippen LogP contribution in [0.4, 0.5) is 0 Å². The Hall–Kier alpha value is -2.85. The van der Waals surface area contributed by atoms with Crippen molar-refractivity contribution in [3.63, 3.8) is 0 Å². The van der Waals surface area contributed by atoms with Crippen LogP contribution in [-0.4, -0.2) is 98.0 Å². The number of nitrogens with two attached hydrogens (primary N) is 2. The topological polar surface area (TPSA) is 178 Å². The lowest BCUT2D eigenvalue weighted by molar-refractivity contribution is -0.342. The molecule has 0 aliphatic carbocycles. The predicted octanol–water partition coefficient (Wildman–Crippen LogP) is 0.699. The van der Waals surface area contributed by atoms with Crippen LogP contribution in [0.2, 0.25) is 0 Å². The summed E-state index contributed by atoms with van der Waals surface area (Å²) >= 11 is 0. The predicted molar refractivity (Wildman–Crippen MR) is 152 cm³/mol. The molecule has 238 valence electrons. The maximum atomic E-state index is 14.5. The van der Waals surface area contributed by atoms with Crippen LogP contribution in [0.3, 0.4) is 0 Å². The molecule has 4 saturated heterocycles. The van der Waals surface area contributed by atoms with Gasteiger partial charge in [-0.1, -0.05) is 30.3 Å². The number of hydrogen-bond acceptors (Lipinski definition) is 11. The Kier molecular flexibility index (Phi) is 8.75. The monoisotopic (exact) mass is 605 g/mol. The molecule has 4 aliphatic heterocycles. The summed E-state index contributed by atoms with van der Waals surface area (Å²) in [7, 11) is 3.01. The highest BCUT2D eigenvalue weighted by atomic mass is 16.9. The lowest BCUT2D eigenvalue weighted by Crippen LogP contribution is -2.56. The Bertz CT molecular complexity index is 1210. The number of nitrogens with one attached hydrogen (secondary N) is 1. The van der Waals surface area contributed by atoms with Crippen molar-refractivity contribution in [1.29, 1.82) is 0 Å². The second-order valence-corrected chi connectivity index (χ2v) is 12.2. The molecular weight excluding hydrogens is 562 g/mol. The van der Waals surface area contributed by atoms with Crippen molar-refractivity contribution in [1.82, 2.24) is 10.4 Å². The molecule has 4 heterocycles. The number of benzene rings is 1. The van der Waals surface area contributed by atoms with Crippen LogP contribution in [0.15, 0.2) is 35.3 Å². The number of ether oxygens (including phenoxy) is 6. The van der Waals surface area contributed by atoms with Gasteiger partial charge in [0, 0.05) is 13.6 Å². The third-order valence-corrected chi connectivity index (χ3v) is 8.17. The molecule has 4 aliphatic rings. The Morgan fingerprint density at radius 3 is 2.42 bits per heavy atom. The molecule has 0 bridgehead atoms. The van der Waals surface area contributed by atoms with Crippen molar-refractivity contribution in [3.05, 3.63) is 35.9 Å². The van der Waals surface area contributed by atoms with Gasteiger partial charge in [-0.15, -0.1) is 0 Å². The molecular formula is C29H43N5O9. The molecule has 1 aromatic carbocycles. The van der Waals surface area contributed by atoms with Crippen LogP contribution in [0.25, 0.3) is 0 Å². The highest BCUT2D eigenvalue weighted by Crippen LogP contribution is 2.57. The van der Waals surface area contributed by atoms with Gasteiger partial charge in [0.05, 0.1) is 19.8 Å². The van der Waals surface area contributed by atoms with E-state index >= 15 is 0 Å². The summed E-state index contributed by atoms with van der Waals surface area (Å²) in [6.07, 6.45) is -1.97. The van der Waals surface area contributed by atoms with E-state index in [0.29, 0.717) is 6.42 Å². The second kappa shape index (κ2) is 11.9. The Labute approximate surface area is 251 Å². The van der Waals surface area contributed by atoms with Gasteiger partial charge in [0.25, 0.3) is 0 Å². The minimum Gasteiger partial charge on any atom is -0.467 e. The fourth-order valence-electron chi connectivity index (χ4n) is 6.48. The molecule has 1 spiro atoms. The van der Waals surface area contributed by atoms with Gasteiger partial charge in [0.1, 0.15) is 36.4 Å². The van der Waals surface area contributed by atoms with E-state index in [4.69, 9.17) is 44.7 Å². The van der Waals surface area contributed by atoms with Crippen LogP contribution in [0, 0.1) is 5.92 Å². The SMILES string of the molecule is COC(=O)C(CCCN=C(N)N)NC(=O)[C@H]1[C@H](c2ccccc2)N(C)O[C@@]12O[C@H]([C@H]1COC(C)(C)O1)[C@H]1OC(C)(C)O[C@H]12. The number of esters is 1. The Morgan fingerprint density at radius 2 is 1.79 bits per heavy atom. The molecule has 8 atom stereocenters. The Morgan fingerprint density at radius 1 is 1.07 bits per heavy atom. The fraction of sp³-hybridized carbons (Fsp3) is 0.690. The maximum Gasteiger partial charge on any atom is 0.328 e. The average molecular weight is 606 g/mol. The standard InChI is InChI=1S/C29H43N5O9/c1-27(2)38-15-18(39-27)21-22-23(42-28(3,4)40-22)29(41-21)19(20(34(5)43-29)16-11-8-7-9-12-16)24(35)33-17(25(36)37-6)13-10-14-32-26(30)31/h7-9,11-12,17-23H,10,13-15H2,1-6H3,(H,33,35)(H4,30,31,32)/t17?,18-,19-,20+,21-,22-,23-,29+/m1/s1. The average Bonchev–Trinajstić information content (AvgIpc) is 3.64. The molecule has 0 radical (unpaired) electrons. The highest BCUT2D eigenvalue weighted by molar-refractivity contribution is 5.87. The smallest absolute Gasteiger partial charge is 0.328 e. The van der Waals surface area contributed by atoms with Crippen molar-refractivity contribution in [2.45, 2.75) is 94.4 Å². The van der Waals surface area contributed by atoms with E-state index in [2.05, 4.69) is 10.3 Å². The summed E-state index contributed by atoms with van der Waals surface area (Å²) in [5.41, 5.74) is 11.7. The second-order valence-electron chi connectivity index (χ2n) is 12.2. The van der Waals surface area contributed by atoms with E-state index < -0.39 is 71.7 Å². The summed E-state index contributed by atoms with van der Waals surface area (Å²) in [5, 5.41) is 4.51. The van der Waals surface area contributed by atoms with Crippen LogP contribution in [0.1, 0.15) is 52.1 Å². The van der Waals surface area contributed by atoms with E-state index in [1.165, 1.54) is 7.11 Å². The number of carbonyl (C=O) groups excluding carboxylic acids is 2. The number of carbonyl (C=O) groups is 2. The highest BCUT2D eigenvalue weighted by Gasteiger charge is 2.74. The van der Waals surface area contributed by atoms with Gasteiger partial charge in [-0.3, -0.25) is 14.6 Å². The van der Waals surface area contributed by atoms with Crippen molar-refractivity contribution in [2.24, 2.45) is 22.4 Å². The molecule has 14 nitrogen and oxygen atoms in total. The van der Waals surface area contributed by atoms with E-state index in [9.17, 15) is 9.59 Å². The maximum absolute atomic E-state index is 14.5. The number of aliphatic imine (C=N–C) groups is 1. The molecule has 1 amide bonds. The third kappa shape index (κ3) is 6.23. The fourth-order valence-corrected chi connectivity index (χ4v) is 6.48. The number of hydroxylamine groups is 2. The third-order valence-electron chi connectivity index (χ3n) is 8.17. The van der Waals surface area contributed by atoms with Gasteiger partial charge < -0.3 is 45.2 Å².